The molecule has 0 heterocycles. The number of allylic oxidation sites excluding steroid dienone is 2. The number of hydrogen-bond acceptors (Lipinski definition) is 1. The van der Waals surface area contributed by atoms with Crippen LogP contribution in [0.25, 0.3) is 0 Å². The number of fused-ring (bicyclic) bond motifs is 7. The standard InChI is InChI=1S/C15H14O/c1-16-7-2-3-10-11(6-7)14-13-9-5-4-8(9)12(10)15(13)14/h2-6,8-9,12-15H,1H3/t8-,9+,12+,13-,14+,15+/m0/s1. The molecule has 16 heavy (non-hydrogen) atoms. The summed E-state index contributed by atoms with van der Waals surface area (Å²) in [5.41, 5.74) is 3.24. The summed E-state index contributed by atoms with van der Waals surface area (Å²) in [6.07, 6.45) is 4.89. The highest BCUT2D eigenvalue weighted by Gasteiger charge is 2.71. The quantitative estimate of drug-likeness (QED) is 0.647. The second-order valence-electron chi connectivity index (χ2n) is 5.74. The normalized spacial score (nSPS) is 48.1. The molecular formula is C15H14O. The molecule has 0 bridgehead atoms. The van der Waals surface area contributed by atoms with E-state index in [9.17, 15) is 0 Å². The maximum Gasteiger partial charge on any atom is 0.119 e. The molecule has 4 aliphatic carbocycles. The van der Waals surface area contributed by atoms with Gasteiger partial charge in [0.25, 0.3) is 0 Å². The van der Waals surface area contributed by atoms with E-state index in [1.165, 1.54) is 0 Å². The molecule has 1 heteroatoms. The van der Waals surface area contributed by atoms with Crippen molar-refractivity contribution in [3.05, 3.63) is 41.5 Å². The topological polar surface area (TPSA) is 9.23 Å². The number of rotatable bonds is 1. The van der Waals surface area contributed by atoms with Crippen LogP contribution in [0.4, 0.5) is 0 Å². The Morgan fingerprint density at radius 3 is 2.56 bits per heavy atom. The monoisotopic (exact) mass is 210 g/mol. The molecule has 6 atom stereocenters. The van der Waals surface area contributed by atoms with Crippen molar-refractivity contribution < 1.29 is 4.74 Å². The van der Waals surface area contributed by atoms with E-state index in [0.717, 1.165) is 41.3 Å². The van der Waals surface area contributed by atoms with Gasteiger partial charge in [0.15, 0.2) is 0 Å². The Balaban J connectivity index is 1.71. The first-order valence-electron chi connectivity index (χ1n) is 6.26. The largest absolute Gasteiger partial charge is 0.497 e. The fraction of sp³-hybridized carbons (Fsp3) is 0.467. The molecule has 1 nitrogen and oxygen atoms in total. The number of methoxy groups -OCH3 is 1. The van der Waals surface area contributed by atoms with E-state index in [2.05, 4.69) is 30.4 Å². The number of benzene rings is 1. The minimum absolute atomic E-state index is 0.853. The van der Waals surface area contributed by atoms with Gasteiger partial charge in [-0.05, 0) is 58.8 Å². The van der Waals surface area contributed by atoms with E-state index in [1.807, 2.05) is 0 Å². The Labute approximate surface area is 95.1 Å². The molecule has 2 fully saturated rings. The highest BCUT2D eigenvalue weighted by Crippen LogP contribution is 2.80. The molecule has 80 valence electrons. The van der Waals surface area contributed by atoms with Gasteiger partial charge >= 0.3 is 0 Å². The first-order chi connectivity index (χ1) is 7.90. The zero-order valence-corrected chi connectivity index (χ0v) is 9.26. The average molecular weight is 210 g/mol. The van der Waals surface area contributed by atoms with Gasteiger partial charge in [0.1, 0.15) is 5.75 Å². The molecule has 0 radical (unpaired) electrons. The first kappa shape index (κ1) is 7.94. The van der Waals surface area contributed by atoms with Gasteiger partial charge in [0.2, 0.25) is 0 Å². The Hall–Kier alpha value is -1.24. The highest BCUT2D eigenvalue weighted by molar-refractivity contribution is 5.55. The van der Waals surface area contributed by atoms with Crippen molar-refractivity contribution >= 4 is 0 Å². The van der Waals surface area contributed by atoms with Crippen LogP contribution in [0.5, 0.6) is 5.75 Å². The smallest absolute Gasteiger partial charge is 0.119 e. The summed E-state index contributed by atoms with van der Waals surface area (Å²) in [5, 5.41) is 0. The summed E-state index contributed by atoms with van der Waals surface area (Å²) >= 11 is 0. The zero-order valence-electron chi connectivity index (χ0n) is 9.26. The zero-order chi connectivity index (χ0) is 10.4. The van der Waals surface area contributed by atoms with E-state index in [0.29, 0.717) is 0 Å². The van der Waals surface area contributed by atoms with Crippen molar-refractivity contribution in [2.45, 2.75) is 11.8 Å². The molecule has 2 saturated carbocycles. The Kier molecular flexibility index (Phi) is 1.10. The predicted octanol–water partition coefficient (Wildman–Crippen LogP) is 2.94. The van der Waals surface area contributed by atoms with Crippen LogP contribution in [0.15, 0.2) is 30.4 Å². The minimum Gasteiger partial charge on any atom is -0.497 e. The maximum absolute atomic E-state index is 5.35. The summed E-state index contributed by atoms with van der Waals surface area (Å²) in [5.74, 6) is 6.52. The van der Waals surface area contributed by atoms with E-state index in [4.69, 9.17) is 4.74 Å². The van der Waals surface area contributed by atoms with Crippen LogP contribution < -0.4 is 4.74 Å². The van der Waals surface area contributed by atoms with Gasteiger partial charge in [-0.15, -0.1) is 0 Å². The van der Waals surface area contributed by atoms with Crippen LogP contribution in [-0.4, -0.2) is 7.11 Å². The van der Waals surface area contributed by atoms with Crippen LogP contribution in [0.2, 0.25) is 0 Å². The fourth-order valence-electron chi connectivity index (χ4n) is 4.79. The van der Waals surface area contributed by atoms with E-state index in [-0.39, 0.29) is 0 Å². The van der Waals surface area contributed by atoms with E-state index in [1.54, 1.807) is 18.2 Å². The lowest BCUT2D eigenvalue weighted by Crippen LogP contribution is -2.20. The van der Waals surface area contributed by atoms with Gasteiger partial charge in [-0.2, -0.15) is 0 Å². The second kappa shape index (κ2) is 2.22. The van der Waals surface area contributed by atoms with E-state index >= 15 is 0 Å². The number of hydrogen-bond donors (Lipinski definition) is 0. The lowest BCUT2D eigenvalue weighted by atomic mass is 9.76. The Morgan fingerprint density at radius 2 is 1.81 bits per heavy atom. The fourth-order valence-corrected chi connectivity index (χ4v) is 4.79. The van der Waals surface area contributed by atoms with Crippen molar-refractivity contribution in [3.8, 4) is 5.75 Å². The summed E-state index contributed by atoms with van der Waals surface area (Å²) in [7, 11) is 1.76. The predicted molar refractivity (Wildman–Crippen MR) is 61.6 cm³/mol. The molecule has 1 aromatic carbocycles. The minimum atomic E-state index is 0.853. The van der Waals surface area contributed by atoms with Crippen LogP contribution in [0.3, 0.4) is 0 Å². The van der Waals surface area contributed by atoms with Gasteiger partial charge < -0.3 is 4.74 Å². The number of ether oxygens (including phenoxy) is 1. The van der Waals surface area contributed by atoms with Gasteiger partial charge in [-0.25, -0.2) is 0 Å². The van der Waals surface area contributed by atoms with Crippen LogP contribution in [-0.2, 0) is 0 Å². The van der Waals surface area contributed by atoms with Crippen LogP contribution in [0, 0.1) is 23.7 Å². The Morgan fingerprint density at radius 1 is 0.938 bits per heavy atom. The maximum atomic E-state index is 5.35. The molecule has 0 amide bonds. The molecule has 4 aliphatic rings. The molecule has 0 spiro atoms. The van der Waals surface area contributed by atoms with Crippen LogP contribution in [0.1, 0.15) is 23.0 Å². The van der Waals surface area contributed by atoms with Crippen molar-refractivity contribution in [2.75, 3.05) is 7.11 Å². The SMILES string of the molecule is COc1ccc2c(c1)[C@H]1[C@@H]3[C@@H]2[C@H]2C=C[C@H]2[C@@H]13. The van der Waals surface area contributed by atoms with Gasteiger partial charge in [0, 0.05) is 0 Å². The highest BCUT2D eigenvalue weighted by atomic mass is 16.5. The van der Waals surface area contributed by atoms with Crippen molar-refractivity contribution in [3.63, 3.8) is 0 Å². The summed E-state index contributed by atoms with van der Waals surface area (Å²) in [6.45, 7) is 0. The third-order valence-electron chi connectivity index (χ3n) is 5.42. The van der Waals surface area contributed by atoms with Gasteiger partial charge in [-0.3, -0.25) is 0 Å². The lowest BCUT2D eigenvalue weighted by Gasteiger charge is -2.28. The molecule has 0 aromatic heterocycles. The third-order valence-corrected chi connectivity index (χ3v) is 5.42. The van der Waals surface area contributed by atoms with Gasteiger partial charge in [-0.1, -0.05) is 18.2 Å². The van der Waals surface area contributed by atoms with Crippen molar-refractivity contribution in [2.24, 2.45) is 23.7 Å². The summed E-state index contributed by atoms with van der Waals surface area (Å²) in [4.78, 5) is 0. The molecule has 0 unspecified atom stereocenters. The molecule has 0 N–H and O–H groups in total. The third kappa shape index (κ3) is 0.634. The van der Waals surface area contributed by atoms with Crippen molar-refractivity contribution in [1.82, 2.24) is 0 Å². The molecule has 1 aromatic rings. The van der Waals surface area contributed by atoms with Gasteiger partial charge in [0.05, 0.1) is 7.11 Å². The summed E-state index contributed by atoms with van der Waals surface area (Å²) in [6, 6.07) is 6.74. The second-order valence-corrected chi connectivity index (χ2v) is 5.74. The molecule has 0 aliphatic heterocycles. The molecule has 0 saturated heterocycles. The Bertz CT molecular complexity index is 530. The van der Waals surface area contributed by atoms with E-state index < -0.39 is 0 Å². The van der Waals surface area contributed by atoms with Crippen molar-refractivity contribution in [1.29, 1.82) is 0 Å². The summed E-state index contributed by atoms with van der Waals surface area (Å²) < 4.78 is 5.35. The average Bonchev–Trinajstić information content (AvgIpc) is 2.82. The molecular weight excluding hydrogens is 196 g/mol. The molecule has 5 rings (SSSR count). The van der Waals surface area contributed by atoms with Crippen LogP contribution >= 0.6 is 0 Å². The first-order valence-corrected chi connectivity index (χ1v) is 6.26. The lowest BCUT2D eigenvalue weighted by molar-refractivity contribution is 0.398.